The van der Waals surface area contributed by atoms with Crippen LogP contribution in [-0.2, 0) is 4.79 Å². The van der Waals surface area contributed by atoms with E-state index in [0.717, 1.165) is 29.4 Å². The van der Waals surface area contributed by atoms with Crippen molar-refractivity contribution in [1.29, 1.82) is 0 Å². The van der Waals surface area contributed by atoms with Crippen LogP contribution in [0.5, 0.6) is 11.5 Å². The molecule has 1 aliphatic heterocycles. The van der Waals surface area contributed by atoms with E-state index in [1.807, 2.05) is 54.6 Å². The monoisotopic (exact) mass is 324 g/mol. The van der Waals surface area contributed by atoms with Crippen LogP contribution >= 0.6 is 11.8 Å². The lowest BCUT2D eigenvalue weighted by atomic mass is 10.2. The fourth-order valence-electron chi connectivity index (χ4n) is 2.04. The number of aliphatic imine (C=N–C) groups is 1. The smallest absolute Gasteiger partial charge is 0.249 e. The summed E-state index contributed by atoms with van der Waals surface area (Å²) in [6.45, 7) is 0.767. The molecule has 2 aromatic rings. The Morgan fingerprint density at radius 1 is 1.13 bits per heavy atom. The molecule has 23 heavy (non-hydrogen) atoms. The first-order chi connectivity index (χ1) is 11.3. The van der Waals surface area contributed by atoms with Crippen molar-refractivity contribution in [2.45, 2.75) is 0 Å². The highest BCUT2D eigenvalue weighted by molar-refractivity contribution is 8.14. The minimum atomic E-state index is -0.174. The van der Waals surface area contributed by atoms with Gasteiger partial charge in [-0.3, -0.25) is 9.79 Å². The van der Waals surface area contributed by atoms with Gasteiger partial charge in [0.05, 0.1) is 6.54 Å². The Kier molecular flexibility index (Phi) is 5.11. The van der Waals surface area contributed by atoms with Crippen LogP contribution in [-0.4, -0.2) is 23.4 Å². The maximum Gasteiger partial charge on any atom is 0.249 e. The number of nitrogens with one attached hydrogen (secondary N) is 1. The second-order valence-corrected chi connectivity index (χ2v) is 5.93. The number of benzene rings is 2. The zero-order valence-corrected chi connectivity index (χ0v) is 13.3. The predicted molar refractivity (Wildman–Crippen MR) is 94.9 cm³/mol. The molecule has 5 heteroatoms. The predicted octanol–water partition coefficient (Wildman–Crippen LogP) is 3.71. The number of carbonyl (C=O) groups excluding carboxylic acids is 1. The van der Waals surface area contributed by atoms with Gasteiger partial charge in [-0.1, -0.05) is 42.1 Å². The Balaban J connectivity index is 1.62. The van der Waals surface area contributed by atoms with E-state index in [-0.39, 0.29) is 5.91 Å². The van der Waals surface area contributed by atoms with Crippen molar-refractivity contribution in [2.75, 3.05) is 12.3 Å². The molecule has 0 bridgehead atoms. The summed E-state index contributed by atoms with van der Waals surface area (Å²) in [7, 11) is 0. The van der Waals surface area contributed by atoms with Crippen molar-refractivity contribution in [2.24, 2.45) is 4.99 Å². The summed E-state index contributed by atoms with van der Waals surface area (Å²) in [6.07, 6.45) is 3.26. The molecule has 0 saturated heterocycles. The highest BCUT2D eigenvalue weighted by Crippen LogP contribution is 2.22. The molecule has 1 aliphatic rings. The molecular weight excluding hydrogens is 308 g/mol. The molecule has 0 fully saturated rings. The van der Waals surface area contributed by atoms with E-state index >= 15 is 0 Å². The van der Waals surface area contributed by atoms with Crippen molar-refractivity contribution in [3.8, 4) is 11.5 Å². The van der Waals surface area contributed by atoms with Gasteiger partial charge in [-0.15, -0.1) is 0 Å². The van der Waals surface area contributed by atoms with Crippen molar-refractivity contribution in [3.63, 3.8) is 0 Å². The zero-order chi connectivity index (χ0) is 15.9. The van der Waals surface area contributed by atoms with Gasteiger partial charge in [0, 0.05) is 11.8 Å². The molecule has 0 atom stereocenters. The lowest BCUT2D eigenvalue weighted by Gasteiger charge is -2.06. The molecule has 0 unspecified atom stereocenters. The first-order valence-corrected chi connectivity index (χ1v) is 8.27. The molecule has 116 valence electrons. The molecule has 0 aromatic heterocycles. The Hall–Kier alpha value is -2.53. The van der Waals surface area contributed by atoms with Crippen LogP contribution in [0.3, 0.4) is 0 Å². The minimum Gasteiger partial charge on any atom is -0.457 e. The molecular formula is C18H16N2O2S. The molecule has 0 saturated carbocycles. The number of para-hydroxylation sites is 1. The topological polar surface area (TPSA) is 50.7 Å². The van der Waals surface area contributed by atoms with Gasteiger partial charge in [-0.05, 0) is 35.9 Å². The summed E-state index contributed by atoms with van der Waals surface area (Å²) >= 11 is 1.56. The third kappa shape index (κ3) is 4.72. The van der Waals surface area contributed by atoms with Crippen LogP contribution in [0.2, 0.25) is 0 Å². The lowest BCUT2D eigenvalue weighted by Crippen LogP contribution is -2.25. The van der Waals surface area contributed by atoms with Crippen molar-refractivity contribution in [1.82, 2.24) is 5.32 Å². The first-order valence-electron chi connectivity index (χ1n) is 7.29. The Bertz CT molecular complexity index is 742. The van der Waals surface area contributed by atoms with E-state index in [9.17, 15) is 4.79 Å². The number of hydrogen-bond acceptors (Lipinski definition) is 4. The number of thioether (sulfide) groups is 1. The van der Waals surface area contributed by atoms with E-state index in [2.05, 4.69) is 10.3 Å². The summed E-state index contributed by atoms with van der Waals surface area (Å²) in [4.78, 5) is 16.0. The van der Waals surface area contributed by atoms with Gasteiger partial charge in [0.2, 0.25) is 5.91 Å². The second-order valence-electron chi connectivity index (χ2n) is 4.85. The molecule has 1 amide bonds. The summed E-state index contributed by atoms with van der Waals surface area (Å²) in [5, 5.41) is 3.45. The van der Waals surface area contributed by atoms with E-state index in [0.29, 0.717) is 5.17 Å². The van der Waals surface area contributed by atoms with E-state index < -0.39 is 0 Å². The number of amidine groups is 1. The molecule has 4 nitrogen and oxygen atoms in total. The largest absolute Gasteiger partial charge is 0.457 e. The van der Waals surface area contributed by atoms with Gasteiger partial charge < -0.3 is 10.1 Å². The number of ether oxygens (including phenoxy) is 1. The van der Waals surface area contributed by atoms with Crippen molar-refractivity contribution in [3.05, 3.63) is 66.2 Å². The Labute approximate surface area is 139 Å². The molecule has 3 rings (SSSR count). The molecule has 0 spiro atoms. The maximum atomic E-state index is 11.8. The van der Waals surface area contributed by atoms with Crippen LogP contribution in [0.15, 0.2) is 65.7 Å². The fourth-order valence-corrected chi connectivity index (χ4v) is 2.77. The van der Waals surface area contributed by atoms with E-state index in [4.69, 9.17) is 4.74 Å². The quantitative estimate of drug-likeness (QED) is 0.872. The third-order valence-electron chi connectivity index (χ3n) is 3.08. The average Bonchev–Trinajstić information content (AvgIpc) is 3.07. The number of amides is 1. The standard InChI is InChI=1S/C18H16N2O2S/c21-17(20-18-19-11-12-23-18)10-9-14-5-4-8-16(13-14)22-15-6-2-1-3-7-15/h1-10,13H,11-12H2,(H,19,20,21)/b10-9+. The lowest BCUT2D eigenvalue weighted by molar-refractivity contribution is -0.115. The Morgan fingerprint density at radius 2 is 1.96 bits per heavy atom. The van der Waals surface area contributed by atoms with Gasteiger partial charge in [-0.2, -0.15) is 0 Å². The summed E-state index contributed by atoms with van der Waals surface area (Å²) in [5.41, 5.74) is 0.898. The second kappa shape index (κ2) is 7.65. The van der Waals surface area contributed by atoms with Crippen LogP contribution in [0.4, 0.5) is 0 Å². The van der Waals surface area contributed by atoms with Gasteiger partial charge in [0.15, 0.2) is 5.17 Å². The van der Waals surface area contributed by atoms with Crippen LogP contribution in [0, 0.1) is 0 Å². The molecule has 0 radical (unpaired) electrons. The Morgan fingerprint density at radius 3 is 2.74 bits per heavy atom. The van der Waals surface area contributed by atoms with Gasteiger partial charge in [0.1, 0.15) is 11.5 Å². The number of rotatable bonds is 4. The van der Waals surface area contributed by atoms with Crippen molar-refractivity contribution >= 4 is 28.9 Å². The van der Waals surface area contributed by atoms with Crippen LogP contribution in [0.25, 0.3) is 6.08 Å². The summed E-state index contributed by atoms with van der Waals surface area (Å²) < 4.78 is 5.78. The SMILES string of the molecule is O=C(/C=C/c1cccc(Oc2ccccc2)c1)NC1=NCCS1. The van der Waals surface area contributed by atoms with Gasteiger partial charge in [-0.25, -0.2) is 0 Å². The van der Waals surface area contributed by atoms with Crippen LogP contribution < -0.4 is 10.1 Å². The van der Waals surface area contributed by atoms with Gasteiger partial charge in [0.25, 0.3) is 0 Å². The molecule has 1 heterocycles. The fraction of sp³-hybridized carbons (Fsp3) is 0.111. The molecule has 0 aliphatic carbocycles. The van der Waals surface area contributed by atoms with E-state index in [1.54, 1.807) is 17.8 Å². The third-order valence-corrected chi connectivity index (χ3v) is 3.97. The highest BCUT2D eigenvalue weighted by Gasteiger charge is 2.08. The van der Waals surface area contributed by atoms with Crippen LogP contribution in [0.1, 0.15) is 5.56 Å². The summed E-state index contributed by atoms with van der Waals surface area (Å²) in [5.74, 6) is 2.27. The van der Waals surface area contributed by atoms with Crippen molar-refractivity contribution < 1.29 is 9.53 Å². The zero-order valence-electron chi connectivity index (χ0n) is 12.4. The maximum absolute atomic E-state index is 11.8. The normalized spacial score (nSPS) is 13.8. The number of carbonyl (C=O) groups is 1. The summed E-state index contributed by atoms with van der Waals surface area (Å²) in [6, 6.07) is 17.2. The number of hydrogen-bond donors (Lipinski definition) is 1. The number of nitrogens with zero attached hydrogens (tertiary/aromatic N) is 1. The molecule has 1 N–H and O–H groups in total. The first kappa shape index (κ1) is 15.4. The molecule has 2 aromatic carbocycles. The average molecular weight is 324 g/mol. The highest BCUT2D eigenvalue weighted by atomic mass is 32.2. The van der Waals surface area contributed by atoms with E-state index in [1.165, 1.54) is 6.08 Å². The minimum absolute atomic E-state index is 0.174. The van der Waals surface area contributed by atoms with Gasteiger partial charge >= 0.3 is 0 Å².